The zero-order chi connectivity index (χ0) is 15.1. The van der Waals surface area contributed by atoms with Crippen molar-refractivity contribution in [1.82, 2.24) is 15.2 Å². The third-order valence-corrected chi connectivity index (χ3v) is 4.77. The molecule has 1 aromatic carbocycles. The van der Waals surface area contributed by atoms with Gasteiger partial charge in [0.2, 0.25) is 0 Å². The third-order valence-electron chi connectivity index (χ3n) is 4.77. The van der Waals surface area contributed by atoms with Crippen LogP contribution in [-0.4, -0.2) is 41.5 Å². The lowest BCUT2D eigenvalue weighted by Crippen LogP contribution is -2.43. The summed E-state index contributed by atoms with van der Waals surface area (Å²) >= 11 is 0. The van der Waals surface area contributed by atoms with Crippen LogP contribution in [0.2, 0.25) is 0 Å². The second-order valence-electron chi connectivity index (χ2n) is 6.16. The summed E-state index contributed by atoms with van der Waals surface area (Å²) in [5.41, 5.74) is 1.27. The molecule has 4 nitrogen and oxygen atoms in total. The van der Waals surface area contributed by atoms with Gasteiger partial charge in [-0.25, -0.2) is 0 Å². The summed E-state index contributed by atoms with van der Waals surface area (Å²) in [6.07, 6.45) is 8.35. The highest BCUT2D eigenvalue weighted by Crippen LogP contribution is 2.28. The van der Waals surface area contributed by atoms with Crippen LogP contribution < -0.4 is 5.32 Å². The third kappa shape index (κ3) is 2.24. The number of hydrogen-bond donors (Lipinski definition) is 1. The maximum Gasteiger partial charge on any atom is 0.270 e. The van der Waals surface area contributed by atoms with Gasteiger partial charge >= 0.3 is 0 Å². The van der Waals surface area contributed by atoms with Crippen molar-refractivity contribution < 1.29 is 4.79 Å². The minimum absolute atomic E-state index is 0.0910. The van der Waals surface area contributed by atoms with Crippen molar-refractivity contribution in [2.45, 2.75) is 12.5 Å². The first-order valence-corrected chi connectivity index (χ1v) is 7.62. The monoisotopic (exact) mass is 291 g/mol. The molecule has 2 bridgehead atoms. The van der Waals surface area contributed by atoms with Crippen LogP contribution >= 0.6 is 0 Å². The van der Waals surface area contributed by atoms with E-state index in [4.69, 9.17) is 6.42 Å². The Morgan fingerprint density at radius 2 is 2.23 bits per heavy atom. The Kier molecular flexibility index (Phi) is 3.09. The Balaban J connectivity index is 1.57. The molecule has 0 saturated carbocycles. The van der Waals surface area contributed by atoms with E-state index in [0.29, 0.717) is 11.6 Å². The highest BCUT2D eigenvalue weighted by Gasteiger charge is 2.38. The van der Waals surface area contributed by atoms with Gasteiger partial charge in [-0.1, -0.05) is 12.0 Å². The zero-order valence-corrected chi connectivity index (χ0v) is 12.2. The van der Waals surface area contributed by atoms with E-state index in [0.717, 1.165) is 29.4 Å². The highest BCUT2D eigenvalue weighted by molar-refractivity contribution is 5.96. The van der Waals surface area contributed by atoms with Gasteiger partial charge in [0.15, 0.2) is 0 Å². The van der Waals surface area contributed by atoms with Gasteiger partial charge in [-0.05, 0) is 42.5 Å². The summed E-state index contributed by atoms with van der Waals surface area (Å²) < 4.78 is 0. The van der Waals surface area contributed by atoms with Crippen LogP contribution in [0.1, 0.15) is 22.5 Å². The van der Waals surface area contributed by atoms with Gasteiger partial charge in [-0.15, -0.1) is 6.42 Å². The fraction of sp³-hybridized carbons (Fsp3) is 0.333. The number of aromatic nitrogens is 1. The number of fused-ring (bicyclic) bond motifs is 3. The first kappa shape index (κ1) is 13.3. The number of piperidine rings is 1. The Morgan fingerprint density at radius 1 is 1.32 bits per heavy atom. The lowest BCUT2D eigenvalue weighted by atomic mass is 10.00. The lowest BCUT2D eigenvalue weighted by Gasteiger charge is -2.22. The minimum atomic E-state index is -0.0910. The number of carbonyl (C=O) groups is 1. The first-order valence-electron chi connectivity index (χ1n) is 7.62. The van der Waals surface area contributed by atoms with E-state index in [1.54, 1.807) is 6.20 Å². The van der Waals surface area contributed by atoms with E-state index in [-0.39, 0.29) is 11.9 Å². The molecule has 0 radical (unpaired) electrons. The van der Waals surface area contributed by atoms with Gasteiger partial charge < -0.3 is 10.2 Å². The van der Waals surface area contributed by atoms with Gasteiger partial charge in [-0.2, -0.15) is 0 Å². The van der Waals surface area contributed by atoms with E-state index in [1.807, 2.05) is 24.3 Å². The Hall–Kier alpha value is -2.38. The molecule has 2 aliphatic heterocycles. The van der Waals surface area contributed by atoms with Crippen LogP contribution in [0.15, 0.2) is 30.5 Å². The van der Waals surface area contributed by atoms with E-state index in [2.05, 4.69) is 21.1 Å². The number of terminal acetylenes is 1. The minimum Gasteiger partial charge on any atom is -0.346 e. The number of amides is 1. The van der Waals surface area contributed by atoms with E-state index in [1.165, 1.54) is 13.0 Å². The molecule has 22 heavy (non-hydrogen) atoms. The van der Waals surface area contributed by atoms with Crippen LogP contribution in [0.3, 0.4) is 0 Å². The highest BCUT2D eigenvalue weighted by atomic mass is 16.2. The van der Waals surface area contributed by atoms with Crippen molar-refractivity contribution in [3.63, 3.8) is 0 Å². The van der Waals surface area contributed by atoms with E-state index < -0.39 is 0 Å². The summed E-state index contributed by atoms with van der Waals surface area (Å²) in [6.45, 7) is 3.24. The smallest absolute Gasteiger partial charge is 0.270 e. The fourth-order valence-corrected chi connectivity index (χ4v) is 3.54. The Morgan fingerprint density at radius 3 is 2.95 bits per heavy atom. The molecule has 0 aliphatic carbocycles. The summed E-state index contributed by atoms with van der Waals surface area (Å²) in [5.74, 6) is 3.12. The molecular weight excluding hydrogens is 274 g/mol. The molecule has 110 valence electrons. The van der Waals surface area contributed by atoms with Crippen molar-refractivity contribution >= 4 is 16.7 Å². The van der Waals surface area contributed by atoms with E-state index in [9.17, 15) is 4.79 Å². The molecule has 2 aliphatic rings. The second-order valence-corrected chi connectivity index (χ2v) is 6.16. The first-order chi connectivity index (χ1) is 10.7. The Bertz CT molecular complexity index is 793. The summed E-state index contributed by atoms with van der Waals surface area (Å²) in [4.78, 5) is 19.1. The van der Waals surface area contributed by atoms with Crippen molar-refractivity contribution in [3.05, 3.63) is 41.7 Å². The van der Waals surface area contributed by atoms with Crippen LogP contribution in [-0.2, 0) is 0 Å². The quantitative estimate of drug-likeness (QED) is 0.856. The molecule has 2 fully saturated rings. The molecular formula is C18H17N3O. The average Bonchev–Trinajstić information content (AvgIpc) is 3.16. The molecule has 2 aromatic rings. The number of benzene rings is 1. The normalized spacial score (nSPS) is 26.0. The van der Waals surface area contributed by atoms with Crippen molar-refractivity contribution in [2.24, 2.45) is 5.92 Å². The number of nitrogens with one attached hydrogen (secondary N) is 1. The largest absolute Gasteiger partial charge is 0.346 e. The fourth-order valence-electron chi connectivity index (χ4n) is 3.54. The van der Waals surface area contributed by atoms with Crippen molar-refractivity contribution in [1.29, 1.82) is 0 Å². The molecule has 4 rings (SSSR count). The second kappa shape index (κ2) is 5.11. The lowest BCUT2D eigenvalue weighted by molar-refractivity contribution is 0.0919. The maximum absolute atomic E-state index is 12.4. The van der Waals surface area contributed by atoms with Gasteiger partial charge in [0.05, 0.1) is 0 Å². The molecule has 4 heteroatoms. The molecule has 3 atom stereocenters. The molecule has 1 N–H and O–H groups in total. The van der Waals surface area contributed by atoms with Gasteiger partial charge in [0.1, 0.15) is 5.69 Å². The number of rotatable bonds is 2. The van der Waals surface area contributed by atoms with Crippen LogP contribution in [0.5, 0.6) is 0 Å². The summed E-state index contributed by atoms with van der Waals surface area (Å²) in [5, 5.41) is 5.08. The van der Waals surface area contributed by atoms with E-state index >= 15 is 0 Å². The molecule has 2 saturated heterocycles. The zero-order valence-electron chi connectivity index (χ0n) is 12.2. The van der Waals surface area contributed by atoms with Gasteiger partial charge in [0, 0.05) is 36.3 Å². The van der Waals surface area contributed by atoms with Gasteiger partial charge in [-0.3, -0.25) is 9.78 Å². The maximum atomic E-state index is 12.4. The van der Waals surface area contributed by atoms with Gasteiger partial charge in [0.25, 0.3) is 5.91 Å². The topological polar surface area (TPSA) is 45.2 Å². The molecule has 3 heterocycles. The molecule has 0 spiro atoms. The predicted molar refractivity (Wildman–Crippen MR) is 85.5 cm³/mol. The van der Waals surface area contributed by atoms with Crippen molar-refractivity contribution in [3.8, 4) is 12.3 Å². The SMILES string of the molecule is C#Cc1ccc2cnc(C(=O)NC3CN4CC[C@H]3C4)cc2c1. The number of hydrogen-bond acceptors (Lipinski definition) is 3. The predicted octanol–water partition coefficient (Wildman–Crippen LogP) is 1.65. The van der Waals surface area contributed by atoms with Crippen LogP contribution in [0.4, 0.5) is 0 Å². The molecule has 1 aromatic heterocycles. The van der Waals surface area contributed by atoms with Crippen LogP contribution in [0, 0.1) is 18.3 Å². The Labute approximate surface area is 129 Å². The van der Waals surface area contributed by atoms with Crippen molar-refractivity contribution in [2.75, 3.05) is 19.6 Å². The number of nitrogens with zero attached hydrogens (tertiary/aromatic N) is 2. The standard InChI is InChI=1S/C18H17N3O/c1-2-12-3-4-13-9-19-16(8-15(13)7-12)18(22)20-17-11-21-6-5-14(17)10-21/h1,3-4,7-9,14,17H,5-6,10-11H2,(H,20,22)/t14-,17?/m0/s1. The average molecular weight is 291 g/mol. The number of pyridine rings is 1. The van der Waals surface area contributed by atoms with Crippen LogP contribution in [0.25, 0.3) is 10.8 Å². The number of carbonyl (C=O) groups excluding carboxylic acids is 1. The summed E-state index contributed by atoms with van der Waals surface area (Å²) in [7, 11) is 0. The molecule has 1 amide bonds. The summed E-state index contributed by atoms with van der Waals surface area (Å²) in [6, 6.07) is 7.81. The molecule has 2 unspecified atom stereocenters.